The maximum Gasteiger partial charge on any atom is 0.0221 e. The van der Waals surface area contributed by atoms with Crippen molar-refractivity contribution in [2.45, 2.75) is 240 Å². The molecule has 0 saturated heterocycles. The van der Waals surface area contributed by atoms with Gasteiger partial charge in [-0.05, 0) is 316 Å². The summed E-state index contributed by atoms with van der Waals surface area (Å²) in [5.74, 6) is 0. The molecule has 0 radical (unpaired) electrons. The molecule has 0 nitrogen and oxygen atoms in total. The molecule has 0 amide bonds. The number of hydrogen-bond acceptors (Lipinski definition) is 0. The highest BCUT2D eigenvalue weighted by molar-refractivity contribution is 9.11. The molecule has 4 bridgehead atoms. The van der Waals surface area contributed by atoms with Crippen molar-refractivity contribution in [2.24, 2.45) is 0 Å². The molecule has 0 spiro atoms. The summed E-state index contributed by atoms with van der Waals surface area (Å²) >= 11 is 15.9. The van der Waals surface area contributed by atoms with Gasteiger partial charge in [-0.15, -0.1) is 0 Å². The molecule has 8 aliphatic rings. The van der Waals surface area contributed by atoms with E-state index < -0.39 is 0 Å². The lowest BCUT2D eigenvalue weighted by Crippen LogP contribution is -2.67. The Hall–Kier alpha value is -7.44. The van der Waals surface area contributed by atoms with Crippen LogP contribution < -0.4 is 0 Å². The van der Waals surface area contributed by atoms with Gasteiger partial charge in [-0.25, -0.2) is 0 Å². The third-order valence-corrected chi connectivity index (χ3v) is 32.0. The predicted molar refractivity (Wildman–Crippen MR) is 497 cm³/mol. The molecule has 0 atom stereocenters. The van der Waals surface area contributed by atoms with Gasteiger partial charge in [0.15, 0.2) is 0 Å². The third-order valence-electron chi connectivity index (χ3n) is 30.0. The Morgan fingerprint density at radius 2 is 0.377 bits per heavy atom. The van der Waals surface area contributed by atoms with Gasteiger partial charge in [-0.1, -0.05) is 365 Å². The summed E-state index contributed by atoms with van der Waals surface area (Å²) < 4.78 is 4.68. The van der Waals surface area contributed by atoms with Gasteiger partial charge in [-0.2, -0.15) is 0 Å². The fraction of sp³-hybridized carbons (Fsp3) is 0.345. The molecule has 0 heterocycles. The highest BCUT2D eigenvalue weighted by Crippen LogP contribution is 2.76. The van der Waals surface area contributed by atoms with E-state index in [2.05, 4.69) is 362 Å². The Bertz CT molecular complexity index is 4980. The average Bonchev–Trinajstić information content (AvgIpc) is 0.974. The van der Waals surface area contributed by atoms with Gasteiger partial charge >= 0.3 is 0 Å². The van der Waals surface area contributed by atoms with E-state index >= 15 is 0 Å². The second-order valence-electron chi connectivity index (χ2n) is 36.5. The largest absolute Gasteiger partial charge is 0.0653 e. The van der Waals surface area contributed by atoms with Crippen LogP contribution in [0.4, 0.5) is 0 Å². The Labute approximate surface area is 713 Å². The first-order chi connectivity index (χ1) is 55.5. The normalized spacial score (nSPS) is 21.2. The monoisotopic (exact) mass is 1740 g/mol. The maximum absolute atomic E-state index is 3.98. The van der Waals surface area contributed by atoms with E-state index in [1.54, 1.807) is 0 Å². The zero-order chi connectivity index (χ0) is 78.3. The van der Waals surface area contributed by atoms with E-state index in [0.717, 1.165) is 141 Å². The first-order valence-electron chi connectivity index (χ1n) is 43.7. The second-order valence-corrected chi connectivity index (χ2v) is 40.2. The van der Waals surface area contributed by atoms with E-state index in [-0.39, 0.29) is 43.3 Å². The van der Waals surface area contributed by atoms with Crippen molar-refractivity contribution in [1.82, 2.24) is 0 Å². The number of fused-ring (bicyclic) bond motifs is 12. The standard InChI is InChI=1S/C110H108Br4/c1-9-53-107(54-10-2)95-61-79(111)45-49-87(95)91-25-17-21-83(99(91)107)71-29-37-75(38-30-71)103-65-104(76-39-31-72(32-40-76)84-22-18-26-92-88-50-46-80(112)62-96(88)108(55-11-3,56-12-4)100(84)92)68-105(66-103,77-41-33-73(34-42-77)85-23-19-27-93-89-51-47-81(113)63-97(89)109(57-13-5,58-14-6)101(85)93)70-106(67-103,69-104)78-43-35-74(36-44-78)86-24-20-28-94-90-52-48-82(114)64-98(90)110(59-15-7,60-16-8)102(86)94/h17-52,61-64H,9-16,53-60,65-70H2,1-8H3. The highest BCUT2D eigenvalue weighted by Gasteiger charge is 2.70. The molecule has 0 unspecified atom stereocenters. The number of hydrogen-bond donors (Lipinski definition) is 0. The van der Waals surface area contributed by atoms with E-state index in [9.17, 15) is 0 Å². The molecule has 114 heavy (non-hydrogen) atoms. The minimum Gasteiger partial charge on any atom is -0.0653 e. The lowest BCUT2D eigenvalue weighted by molar-refractivity contribution is -0.0691. The summed E-state index contributed by atoms with van der Waals surface area (Å²) in [5, 5.41) is 0. The topological polar surface area (TPSA) is 0 Å². The maximum atomic E-state index is 3.98. The Morgan fingerprint density at radius 3 is 0.553 bits per heavy atom. The molecule has 4 fully saturated rings. The first-order valence-corrected chi connectivity index (χ1v) is 46.9. The van der Waals surface area contributed by atoms with Crippen molar-refractivity contribution in [1.29, 1.82) is 0 Å². The van der Waals surface area contributed by atoms with Gasteiger partial charge in [0.1, 0.15) is 0 Å². The van der Waals surface area contributed by atoms with Crippen LogP contribution in [-0.2, 0) is 43.3 Å². The van der Waals surface area contributed by atoms with Gasteiger partial charge in [0, 0.05) is 39.6 Å². The van der Waals surface area contributed by atoms with E-state index in [0.29, 0.717) is 0 Å². The molecule has 12 aromatic carbocycles. The van der Waals surface area contributed by atoms with Crippen molar-refractivity contribution in [3.63, 3.8) is 0 Å². The molecular weight excluding hydrogens is 1640 g/mol. The van der Waals surface area contributed by atoms with Gasteiger partial charge in [0.25, 0.3) is 0 Å². The minimum absolute atomic E-state index is 0.0652. The van der Waals surface area contributed by atoms with Gasteiger partial charge in [0.2, 0.25) is 0 Å². The van der Waals surface area contributed by atoms with Crippen molar-refractivity contribution in [3.8, 4) is 89.0 Å². The zero-order valence-electron chi connectivity index (χ0n) is 68.2. The molecule has 0 aliphatic heterocycles. The summed E-state index contributed by atoms with van der Waals surface area (Å²) in [6.45, 7) is 19.2. The molecule has 0 aromatic heterocycles. The molecule has 4 heteroatoms. The zero-order valence-corrected chi connectivity index (χ0v) is 74.5. The lowest BCUT2D eigenvalue weighted by atomic mass is 9.32. The fourth-order valence-electron chi connectivity index (χ4n) is 27.1. The van der Waals surface area contributed by atoms with E-state index in [1.807, 2.05) is 0 Å². The number of rotatable bonds is 24. The quantitative estimate of drug-likeness (QED) is 0.0566. The predicted octanol–water partition coefficient (Wildman–Crippen LogP) is 33.3. The molecule has 20 rings (SSSR count). The molecule has 576 valence electrons. The van der Waals surface area contributed by atoms with Gasteiger partial charge in [-0.3, -0.25) is 0 Å². The Morgan fingerprint density at radius 1 is 0.202 bits per heavy atom. The van der Waals surface area contributed by atoms with Crippen molar-refractivity contribution in [2.75, 3.05) is 0 Å². The number of halogens is 4. The smallest absolute Gasteiger partial charge is 0.0221 e. The van der Waals surface area contributed by atoms with Crippen LogP contribution in [0, 0.1) is 0 Å². The van der Waals surface area contributed by atoms with Crippen molar-refractivity contribution < 1.29 is 0 Å². The van der Waals surface area contributed by atoms with Crippen molar-refractivity contribution >= 4 is 63.7 Å². The van der Waals surface area contributed by atoms with Crippen LogP contribution in [-0.4, -0.2) is 0 Å². The van der Waals surface area contributed by atoms with E-state index in [4.69, 9.17) is 0 Å². The lowest BCUT2D eigenvalue weighted by Gasteiger charge is -2.71. The number of benzene rings is 12. The van der Waals surface area contributed by atoms with Crippen LogP contribution >= 0.6 is 63.7 Å². The van der Waals surface area contributed by atoms with Crippen LogP contribution in [0.3, 0.4) is 0 Å². The van der Waals surface area contributed by atoms with Crippen LogP contribution in [0.15, 0.2) is 261 Å². The summed E-state index contributed by atoms with van der Waals surface area (Å²) in [6, 6.07) is 99.4. The highest BCUT2D eigenvalue weighted by atomic mass is 79.9. The van der Waals surface area contributed by atoms with Crippen molar-refractivity contribution in [3.05, 3.63) is 327 Å². The van der Waals surface area contributed by atoms with Gasteiger partial charge < -0.3 is 0 Å². The third kappa shape index (κ3) is 11.5. The van der Waals surface area contributed by atoms with Crippen LogP contribution in [0.1, 0.15) is 263 Å². The first kappa shape index (κ1) is 76.5. The molecule has 12 aromatic rings. The SMILES string of the molecule is CCCC1(CCC)c2cc(Br)ccc2-c2cccc(-c3ccc(C45CC6(c7ccc(-c8cccc9c8C(CCC)(CCC)c8cc(Br)ccc8-9)cc7)CC(c7ccc(-c8cccc9c8C(CCC)(CCC)c8cc(Br)ccc8-9)cc7)(C4)CC(c4ccc(-c7cccc8c7C(CCC)(CCC)c7cc(Br)ccc7-8)cc4)(C5)C6)cc3)c21. The fourth-order valence-corrected chi connectivity index (χ4v) is 28.6. The summed E-state index contributed by atoms with van der Waals surface area (Å²) in [5.41, 5.74) is 39.5. The van der Waals surface area contributed by atoms with E-state index in [1.165, 1.54) is 174 Å². The van der Waals surface area contributed by atoms with Crippen LogP contribution in [0.2, 0.25) is 0 Å². The second kappa shape index (κ2) is 29.3. The molecule has 8 aliphatic carbocycles. The molecular formula is C110H108Br4. The molecule has 4 saturated carbocycles. The minimum atomic E-state index is -0.167. The van der Waals surface area contributed by atoms with Crippen LogP contribution in [0.25, 0.3) is 89.0 Å². The molecule has 0 N–H and O–H groups in total. The van der Waals surface area contributed by atoms with Crippen LogP contribution in [0.5, 0.6) is 0 Å². The van der Waals surface area contributed by atoms with Gasteiger partial charge in [0.05, 0.1) is 0 Å². The summed E-state index contributed by atoms with van der Waals surface area (Å²) in [6.07, 6.45) is 24.6. The summed E-state index contributed by atoms with van der Waals surface area (Å²) in [7, 11) is 0. The average molecular weight is 1750 g/mol. The Kier molecular flexibility index (Phi) is 19.7. The Balaban J connectivity index is 0.806. The summed E-state index contributed by atoms with van der Waals surface area (Å²) in [4.78, 5) is 0.